The third-order valence-electron chi connectivity index (χ3n) is 3.17. The van der Waals surface area contributed by atoms with Gasteiger partial charge in [-0.25, -0.2) is 0 Å². The Hall–Kier alpha value is -0.570. The van der Waals surface area contributed by atoms with Gasteiger partial charge in [-0.2, -0.15) is 0 Å². The fraction of sp³-hybridized carbons (Fsp3) is 0.909. The molecule has 0 heterocycles. The van der Waals surface area contributed by atoms with Gasteiger partial charge < -0.3 is 10.2 Å². The van der Waals surface area contributed by atoms with Crippen molar-refractivity contribution < 1.29 is 15.0 Å². The molecule has 1 atom stereocenters. The predicted octanol–water partition coefficient (Wildman–Crippen LogP) is 2.43. The molecular formula is C11H22O3. The van der Waals surface area contributed by atoms with E-state index in [9.17, 15) is 5.11 Å². The Morgan fingerprint density at radius 3 is 1.71 bits per heavy atom. The van der Waals surface area contributed by atoms with Crippen LogP contribution in [-0.2, 0) is 4.79 Å². The highest BCUT2D eigenvalue weighted by atomic mass is 16.4. The molecule has 0 spiro atoms. The van der Waals surface area contributed by atoms with E-state index < -0.39 is 11.6 Å². The van der Waals surface area contributed by atoms with Crippen LogP contribution in [0.3, 0.4) is 0 Å². The van der Waals surface area contributed by atoms with Gasteiger partial charge in [0, 0.05) is 6.92 Å². The summed E-state index contributed by atoms with van der Waals surface area (Å²) in [5.41, 5.74) is -0.295. The zero-order valence-electron chi connectivity index (χ0n) is 9.63. The molecule has 1 aliphatic rings. The highest BCUT2D eigenvalue weighted by molar-refractivity contribution is 5.62. The zero-order valence-corrected chi connectivity index (χ0v) is 9.63. The van der Waals surface area contributed by atoms with Gasteiger partial charge in [-0.3, -0.25) is 4.79 Å². The Kier molecular flexibility index (Phi) is 4.59. The van der Waals surface area contributed by atoms with Crippen LogP contribution in [-0.4, -0.2) is 21.8 Å². The minimum absolute atomic E-state index is 0.130. The van der Waals surface area contributed by atoms with Crippen LogP contribution in [0.4, 0.5) is 0 Å². The fourth-order valence-electron chi connectivity index (χ4n) is 1.64. The normalized spacial score (nSPS) is 30.1. The summed E-state index contributed by atoms with van der Waals surface area (Å²) in [5.74, 6) is -0.833. The summed E-state index contributed by atoms with van der Waals surface area (Å²) in [6.45, 7) is 7.37. The number of carbonyl (C=O) groups is 1. The van der Waals surface area contributed by atoms with Crippen LogP contribution in [0.2, 0.25) is 0 Å². The SMILES string of the molecule is CC(=O)O.CC1(C)CCCCC1(C)O. The van der Waals surface area contributed by atoms with E-state index in [0.717, 1.165) is 13.3 Å². The molecule has 0 aromatic heterocycles. The molecule has 3 nitrogen and oxygen atoms in total. The molecule has 0 saturated heterocycles. The molecule has 0 radical (unpaired) electrons. The van der Waals surface area contributed by atoms with Crippen molar-refractivity contribution in [3.8, 4) is 0 Å². The molecule has 0 bridgehead atoms. The molecule has 14 heavy (non-hydrogen) atoms. The van der Waals surface area contributed by atoms with Gasteiger partial charge in [0.15, 0.2) is 0 Å². The van der Waals surface area contributed by atoms with Gasteiger partial charge in [0.05, 0.1) is 5.60 Å². The first-order valence-corrected chi connectivity index (χ1v) is 5.11. The van der Waals surface area contributed by atoms with Gasteiger partial charge in [-0.1, -0.05) is 26.7 Å². The summed E-state index contributed by atoms with van der Waals surface area (Å²) in [6, 6.07) is 0. The molecule has 3 heteroatoms. The maximum Gasteiger partial charge on any atom is 0.300 e. The minimum Gasteiger partial charge on any atom is -0.481 e. The summed E-state index contributed by atoms with van der Waals surface area (Å²) in [5, 5.41) is 17.3. The van der Waals surface area contributed by atoms with Crippen LogP contribution in [0.15, 0.2) is 0 Å². The Balaban J connectivity index is 0.000000364. The molecule has 1 saturated carbocycles. The van der Waals surface area contributed by atoms with Crippen LogP contribution in [0.5, 0.6) is 0 Å². The van der Waals surface area contributed by atoms with E-state index in [1.54, 1.807) is 0 Å². The summed E-state index contributed by atoms with van der Waals surface area (Å²) in [6.07, 6.45) is 4.61. The molecule has 1 rings (SSSR count). The monoisotopic (exact) mass is 202 g/mol. The largest absolute Gasteiger partial charge is 0.481 e. The van der Waals surface area contributed by atoms with Gasteiger partial charge in [0.2, 0.25) is 0 Å². The minimum atomic E-state index is -0.833. The molecule has 1 unspecified atom stereocenters. The van der Waals surface area contributed by atoms with E-state index in [1.165, 1.54) is 19.3 Å². The molecule has 2 N–H and O–H groups in total. The number of aliphatic carboxylic acids is 1. The second-order valence-corrected chi connectivity index (χ2v) is 4.88. The molecule has 1 fully saturated rings. The second kappa shape index (κ2) is 4.78. The first kappa shape index (κ1) is 13.4. The average molecular weight is 202 g/mol. The zero-order chi connectivity index (χ0) is 11.4. The van der Waals surface area contributed by atoms with Crippen molar-refractivity contribution >= 4 is 5.97 Å². The first-order valence-electron chi connectivity index (χ1n) is 5.11. The quantitative estimate of drug-likeness (QED) is 0.634. The second-order valence-electron chi connectivity index (χ2n) is 4.88. The maximum absolute atomic E-state index is 9.90. The van der Waals surface area contributed by atoms with Gasteiger partial charge in [-0.05, 0) is 25.2 Å². The summed E-state index contributed by atoms with van der Waals surface area (Å²) in [7, 11) is 0. The Labute approximate surface area is 86.1 Å². The Bertz CT molecular complexity index is 175. The van der Waals surface area contributed by atoms with Crippen molar-refractivity contribution in [3.05, 3.63) is 0 Å². The lowest BCUT2D eigenvalue weighted by Crippen LogP contribution is -2.44. The molecule has 0 aromatic carbocycles. The van der Waals surface area contributed by atoms with Crippen molar-refractivity contribution in [2.45, 2.75) is 59.0 Å². The Morgan fingerprint density at radius 2 is 1.50 bits per heavy atom. The highest BCUT2D eigenvalue weighted by Gasteiger charge is 2.40. The molecule has 0 aliphatic heterocycles. The average Bonchev–Trinajstić information content (AvgIpc) is 1.94. The summed E-state index contributed by atoms with van der Waals surface area (Å²) in [4.78, 5) is 9.00. The van der Waals surface area contributed by atoms with Crippen LogP contribution in [0.1, 0.15) is 53.4 Å². The third kappa shape index (κ3) is 4.09. The van der Waals surface area contributed by atoms with E-state index >= 15 is 0 Å². The van der Waals surface area contributed by atoms with Crippen molar-refractivity contribution in [2.24, 2.45) is 5.41 Å². The highest BCUT2D eigenvalue weighted by Crippen LogP contribution is 2.43. The fourth-order valence-corrected chi connectivity index (χ4v) is 1.64. The number of carboxylic acids is 1. The topological polar surface area (TPSA) is 57.5 Å². The van der Waals surface area contributed by atoms with Crippen LogP contribution < -0.4 is 0 Å². The molecular weight excluding hydrogens is 180 g/mol. The maximum atomic E-state index is 9.90. The van der Waals surface area contributed by atoms with Crippen molar-refractivity contribution in [1.29, 1.82) is 0 Å². The Morgan fingerprint density at radius 1 is 1.14 bits per heavy atom. The van der Waals surface area contributed by atoms with Gasteiger partial charge >= 0.3 is 0 Å². The molecule has 84 valence electrons. The van der Waals surface area contributed by atoms with E-state index in [2.05, 4.69) is 13.8 Å². The van der Waals surface area contributed by atoms with Crippen molar-refractivity contribution in [2.75, 3.05) is 0 Å². The lowest BCUT2D eigenvalue weighted by atomic mass is 9.66. The van der Waals surface area contributed by atoms with Crippen LogP contribution >= 0.6 is 0 Å². The molecule has 1 aliphatic carbocycles. The van der Waals surface area contributed by atoms with Gasteiger partial charge in [-0.15, -0.1) is 0 Å². The van der Waals surface area contributed by atoms with E-state index in [4.69, 9.17) is 9.90 Å². The lowest BCUT2D eigenvalue weighted by molar-refractivity contribution is -0.134. The third-order valence-corrected chi connectivity index (χ3v) is 3.17. The van der Waals surface area contributed by atoms with Crippen LogP contribution in [0.25, 0.3) is 0 Å². The van der Waals surface area contributed by atoms with Crippen LogP contribution in [0, 0.1) is 5.41 Å². The van der Waals surface area contributed by atoms with Crippen molar-refractivity contribution in [1.82, 2.24) is 0 Å². The van der Waals surface area contributed by atoms with Gasteiger partial charge in [0.25, 0.3) is 5.97 Å². The smallest absolute Gasteiger partial charge is 0.300 e. The number of hydrogen-bond acceptors (Lipinski definition) is 2. The number of aliphatic hydroxyl groups is 1. The number of rotatable bonds is 0. The number of hydrogen-bond donors (Lipinski definition) is 2. The molecule has 0 amide bonds. The standard InChI is InChI=1S/C9H18O.C2H4O2/c1-8(2)6-4-5-7-9(8,3)10;1-2(3)4/h10H,4-7H2,1-3H3;1H3,(H,3,4). The lowest BCUT2D eigenvalue weighted by Gasteiger charge is -2.44. The molecule has 0 aromatic rings. The van der Waals surface area contributed by atoms with E-state index in [-0.39, 0.29) is 5.41 Å². The summed E-state index contributed by atoms with van der Waals surface area (Å²) < 4.78 is 0. The van der Waals surface area contributed by atoms with E-state index in [0.29, 0.717) is 0 Å². The first-order chi connectivity index (χ1) is 6.19. The van der Waals surface area contributed by atoms with Gasteiger partial charge in [0.1, 0.15) is 0 Å². The number of carboxylic acid groups (broad SMARTS) is 1. The van der Waals surface area contributed by atoms with E-state index in [1.807, 2.05) is 6.92 Å². The summed E-state index contributed by atoms with van der Waals surface area (Å²) >= 11 is 0. The van der Waals surface area contributed by atoms with Crippen molar-refractivity contribution in [3.63, 3.8) is 0 Å². The predicted molar refractivity (Wildman–Crippen MR) is 56.2 cm³/mol.